The minimum atomic E-state index is -3.72. The Morgan fingerprint density at radius 2 is 1.74 bits per heavy atom. The molecule has 2 heterocycles. The quantitative estimate of drug-likeness (QED) is 0.198. The SMILES string of the molecule is CCCCOC(=O)[C@@H](OC(C)(C)C)c1c(C)c2c(c(C)c1-c1ccc(C)cc1)-c1cnc(OC)cc1CN2S(C)(=O)=O. The highest BCUT2D eigenvalue weighted by molar-refractivity contribution is 7.92. The van der Waals surface area contributed by atoms with Gasteiger partial charge >= 0.3 is 5.97 Å². The number of unbranched alkanes of at least 4 members (excludes halogenated alkanes) is 1. The van der Waals surface area contributed by atoms with Gasteiger partial charge in [0.05, 0.1) is 37.8 Å². The number of rotatable bonds is 9. The van der Waals surface area contributed by atoms with Crippen molar-refractivity contribution in [2.75, 3.05) is 24.3 Å². The van der Waals surface area contributed by atoms with Crippen molar-refractivity contribution in [2.24, 2.45) is 0 Å². The summed E-state index contributed by atoms with van der Waals surface area (Å²) in [6.07, 6.45) is 3.46. The molecule has 8 nitrogen and oxygen atoms in total. The van der Waals surface area contributed by atoms with E-state index in [9.17, 15) is 13.2 Å². The van der Waals surface area contributed by atoms with Crippen LogP contribution in [0.5, 0.6) is 5.88 Å². The summed E-state index contributed by atoms with van der Waals surface area (Å²) in [5.74, 6) is -0.0911. The van der Waals surface area contributed by atoms with Crippen molar-refractivity contribution < 1.29 is 27.4 Å². The maximum Gasteiger partial charge on any atom is 0.340 e. The maximum absolute atomic E-state index is 13.8. The number of nitrogens with zero attached hydrogens (tertiary/aromatic N) is 2. The van der Waals surface area contributed by atoms with Crippen molar-refractivity contribution in [3.05, 3.63) is 64.3 Å². The first-order chi connectivity index (χ1) is 19.7. The monoisotopic (exact) mass is 594 g/mol. The molecular formula is C33H42N2O6S. The van der Waals surface area contributed by atoms with Crippen molar-refractivity contribution in [1.82, 2.24) is 4.98 Å². The fourth-order valence-corrected chi connectivity index (χ4v) is 6.43. The number of fused-ring (bicyclic) bond motifs is 3. The van der Waals surface area contributed by atoms with Gasteiger partial charge in [0.25, 0.3) is 0 Å². The predicted octanol–water partition coefficient (Wildman–Crippen LogP) is 6.83. The molecule has 0 fully saturated rings. The number of hydrogen-bond acceptors (Lipinski definition) is 7. The smallest absolute Gasteiger partial charge is 0.340 e. The lowest BCUT2D eigenvalue weighted by atomic mass is 9.80. The molecule has 226 valence electrons. The minimum absolute atomic E-state index is 0.107. The third-order valence-corrected chi connectivity index (χ3v) is 8.56. The number of methoxy groups -OCH3 is 1. The summed E-state index contributed by atoms with van der Waals surface area (Å²) in [5, 5.41) is 0. The molecule has 4 rings (SSSR count). The molecule has 1 aromatic heterocycles. The van der Waals surface area contributed by atoms with Crippen LogP contribution in [0.25, 0.3) is 22.3 Å². The average Bonchev–Trinajstić information content (AvgIpc) is 2.92. The molecule has 42 heavy (non-hydrogen) atoms. The highest BCUT2D eigenvalue weighted by Gasteiger charge is 2.39. The Morgan fingerprint density at radius 1 is 1.07 bits per heavy atom. The Labute approximate surface area is 250 Å². The number of ether oxygens (including phenoxy) is 3. The molecule has 2 aromatic carbocycles. The van der Waals surface area contributed by atoms with E-state index in [0.29, 0.717) is 22.7 Å². The zero-order valence-electron chi connectivity index (χ0n) is 26.1. The van der Waals surface area contributed by atoms with Crippen LogP contribution in [0.15, 0.2) is 36.5 Å². The minimum Gasteiger partial charge on any atom is -0.481 e. The lowest BCUT2D eigenvalue weighted by molar-refractivity contribution is -0.167. The number of benzene rings is 2. The number of carbonyl (C=O) groups is 1. The van der Waals surface area contributed by atoms with Gasteiger partial charge in [-0.05, 0) is 75.8 Å². The maximum atomic E-state index is 13.8. The number of aromatic nitrogens is 1. The molecule has 3 aromatic rings. The van der Waals surface area contributed by atoms with Crippen LogP contribution < -0.4 is 9.04 Å². The molecule has 9 heteroatoms. The van der Waals surface area contributed by atoms with Gasteiger partial charge in [0, 0.05) is 29.0 Å². The summed E-state index contributed by atoms with van der Waals surface area (Å²) in [6, 6.07) is 9.87. The second-order valence-corrected chi connectivity index (χ2v) is 13.8. The van der Waals surface area contributed by atoms with Crippen LogP contribution in [-0.2, 0) is 30.8 Å². The molecule has 1 aliphatic rings. The van der Waals surface area contributed by atoms with Gasteiger partial charge in [-0.15, -0.1) is 0 Å². The zero-order valence-corrected chi connectivity index (χ0v) is 26.9. The molecule has 0 radical (unpaired) electrons. The van der Waals surface area contributed by atoms with Crippen LogP contribution in [0.2, 0.25) is 0 Å². The standard InChI is InChI=1S/C33H42N2O6S/c1-10-11-16-40-32(36)31(41-33(5,6)7)29-22(4)30-28(21(3)27(29)23-14-12-20(2)13-15-23)25-18-34-26(39-8)17-24(25)19-35(30)42(9,37)38/h12-15,17-18,31H,10-11,16,19H2,1-9H3/t31-/m0/s1. The first kappa shape index (κ1) is 31.5. The second kappa shape index (κ2) is 12.1. The molecule has 0 amide bonds. The number of aryl methyl sites for hydroxylation is 1. The van der Waals surface area contributed by atoms with Gasteiger partial charge in [0.2, 0.25) is 15.9 Å². The third kappa shape index (κ3) is 6.32. The van der Waals surface area contributed by atoms with Crippen molar-refractivity contribution in [3.8, 4) is 28.1 Å². The Bertz CT molecular complexity index is 1590. The Hall–Kier alpha value is -3.43. The molecule has 0 saturated heterocycles. The fraction of sp³-hybridized carbons (Fsp3) is 0.455. The summed E-state index contributed by atoms with van der Waals surface area (Å²) in [5.41, 5.74) is 7.04. The first-order valence-corrected chi connectivity index (χ1v) is 16.1. The van der Waals surface area contributed by atoms with Crippen molar-refractivity contribution in [3.63, 3.8) is 0 Å². The van der Waals surface area contributed by atoms with Gasteiger partial charge in [-0.3, -0.25) is 4.31 Å². The lowest BCUT2D eigenvalue weighted by Crippen LogP contribution is -2.35. The topological polar surface area (TPSA) is 95.0 Å². The van der Waals surface area contributed by atoms with Gasteiger partial charge < -0.3 is 14.2 Å². The summed E-state index contributed by atoms with van der Waals surface area (Å²) in [7, 11) is -2.19. The van der Waals surface area contributed by atoms with Crippen LogP contribution in [0.4, 0.5) is 5.69 Å². The number of esters is 1. The van der Waals surface area contributed by atoms with Crippen LogP contribution in [-0.4, -0.2) is 44.9 Å². The molecule has 0 N–H and O–H groups in total. The van der Waals surface area contributed by atoms with Crippen molar-refractivity contribution in [1.29, 1.82) is 0 Å². The number of sulfonamides is 1. The van der Waals surface area contributed by atoms with Gasteiger partial charge in [-0.1, -0.05) is 43.2 Å². The molecule has 0 aliphatic carbocycles. The van der Waals surface area contributed by atoms with Crippen LogP contribution in [0.3, 0.4) is 0 Å². The Morgan fingerprint density at radius 3 is 2.31 bits per heavy atom. The number of pyridine rings is 1. The van der Waals surface area contributed by atoms with E-state index in [1.54, 1.807) is 12.3 Å². The van der Waals surface area contributed by atoms with Gasteiger partial charge in [0.15, 0.2) is 6.10 Å². The van der Waals surface area contributed by atoms with Gasteiger partial charge in [-0.25, -0.2) is 18.2 Å². The van der Waals surface area contributed by atoms with Gasteiger partial charge in [-0.2, -0.15) is 0 Å². The Balaban J connectivity index is 2.14. The van der Waals surface area contributed by atoms with E-state index >= 15 is 0 Å². The van der Waals surface area contributed by atoms with Gasteiger partial charge in [0.1, 0.15) is 0 Å². The summed E-state index contributed by atoms with van der Waals surface area (Å²) >= 11 is 0. The molecule has 0 spiro atoms. The normalized spacial score (nSPS) is 13.8. The molecular weight excluding hydrogens is 552 g/mol. The van der Waals surface area contributed by atoms with Crippen LogP contribution in [0.1, 0.15) is 74.5 Å². The van der Waals surface area contributed by atoms with E-state index < -0.39 is 27.7 Å². The van der Waals surface area contributed by atoms with E-state index in [-0.39, 0.29) is 13.2 Å². The highest BCUT2D eigenvalue weighted by Crippen LogP contribution is 2.51. The number of hydrogen-bond donors (Lipinski definition) is 0. The molecule has 0 saturated carbocycles. The number of carbonyl (C=O) groups excluding carboxylic acids is 1. The average molecular weight is 595 g/mol. The first-order valence-electron chi connectivity index (χ1n) is 14.3. The van der Waals surface area contributed by atoms with Crippen molar-refractivity contribution >= 4 is 21.7 Å². The summed E-state index contributed by atoms with van der Waals surface area (Å²) in [4.78, 5) is 18.3. The fourth-order valence-electron chi connectivity index (χ4n) is 5.50. The van der Waals surface area contributed by atoms with E-state index in [4.69, 9.17) is 14.2 Å². The lowest BCUT2D eigenvalue weighted by Gasteiger charge is -2.37. The largest absolute Gasteiger partial charge is 0.481 e. The Kier molecular flexibility index (Phi) is 9.04. The van der Waals surface area contributed by atoms with E-state index in [0.717, 1.165) is 51.8 Å². The van der Waals surface area contributed by atoms with Crippen LogP contribution in [0, 0.1) is 20.8 Å². The third-order valence-electron chi connectivity index (χ3n) is 7.45. The molecule has 0 bridgehead atoms. The molecule has 1 aliphatic heterocycles. The van der Waals surface area contributed by atoms with Crippen LogP contribution >= 0.6 is 0 Å². The summed E-state index contributed by atoms with van der Waals surface area (Å²) < 4.78 is 45.7. The number of anilines is 1. The predicted molar refractivity (Wildman–Crippen MR) is 166 cm³/mol. The highest BCUT2D eigenvalue weighted by atomic mass is 32.2. The zero-order chi connectivity index (χ0) is 31.0. The van der Waals surface area contributed by atoms with E-state index in [1.165, 1.54) is 17.7 Å². The molecule has 1 atom stereocenters. The van der Waals surface area contributed by atoms with E-state index in [1.807, 2.05) is 72.7 Å². The van der Waals surface area contributed by atoms with E-state index in [2.05, 4.69) is 4.98 Å². The van der Waals surface area contributed by atoms with Crippen molar-refractivity contribution in [2.45, 2.75) is 79.6 Å². The molecule has 0 unspecified atom stereocenters. The second-order valence-electron chi connectivity index (χ2n) is 11.9. The summed E-state index contributed by atoms with van der Waals surface area (Å²) in [6.45, 7) is 13.9.